The van der Waals surface area contributed by atoms with E-state index in [1.165, 1.54) is 70.6 Å². The van der Waals surface area contributed by atoms with Crippen LogP contribution in [0.25, 0.3) is 0 Å². The first-order valence-corrected chi connectivity index (χ1v) is 7.02. The Morgan fingerprint density at radius 3 is 1.80 bits per heavy atom. The second kappa shape index (κ2) is 3.48. The molecular weight excluding hydrogens is 182 g/mol. The van der Waals surface area contributed by atoms with Gasteiger partial charge in [0.15, 0.2) is 0 Å². The largest absolute Gasteiger partial charge is 0.325 e. The van der Waals surface area contributed by atoms with Crippen LogP contribution in [-0.2, 0) is 0 Å². The molecule has 4 fully saturated rings. The highest BCUT2D eigenvalue weighted by Gasteiger charge is 2.49. The molecule has 0 unspecified atom stereocenters. The number of nitrogens with two attached hydrogens (primary N) is 1. The molecule has 0 saturated heterocycles. The predicted octanol–water partition coefficient (Wildman–Crippen LogP) is 3.62. The van der Waals surface area contributed by atoms with Gasteiger partial charge in [-0.3, -0.25) is 0 Å². The fourth-order valence-electron chi connectivity index (χ4n) is 4.57. The van der Waals surface area contributed by atoms with Crippen molar-refractivity contribution < 1.29 is 0 Å². The zero-order valence-corrected chi connectivity index (χ0v) is 9.93. The lowest BCUT2D eigenvalue weighted by molar-refractivity contribution is -0.0200. The van der Waals surface area contributed by atoms with Crippen LogP contribution < -0.4 is 5.73 Å². The van der Waals surface area contributed by atoms with Crippen molar-refractivity contribution in [2.75, 3.05) is 0 Å². The van der Waals surface area contributed by atoms with Gasteiger partial charge in [-0.1, -0.05) is 19.3 Å². The van der Waals surface area contributed by atoms with Crippen LogP contribution in [0.15, 0.2) is 0 Å². The highest BCUT2D eigenvalue weighted by Crippen LogP contribution is 2.57. The van der Waals surface area contributed by atoms with Gasteiger partial charge in [0.25, 0.3) is 0 Å². The van der Waals surface area contributed by atoms with Crippen LogP contribution in [0.1, 0.15) is 70.6 Å². The Balaban J connectivity index is 1.74. The minimum Gasteiger partial charge on any atom is -0.325 e. The molecule has 0 spiro atoms. The van der Waals surface area contributed by atoms with Gasteiger partial charge in [0.05, 0.1) is 0 Å². The van der Waals surface area contributed by atoms with Gasteiger partial charge < -0.3 is 5.73 Å². The molecule has 1 heteroatoms. The summed E-state index contributed by atoms with van der Waals surface area (Å²) in [7, 11) is 0. The molecule has 2 bridgehead atoms. The van der Waals surface area contributed by atoms with E-state index in [1.54, 1.807) is 0 Å². The second-order valence-corrected chi connectivity index (χ2v) is 6.56. The Morgan fingerprint density at radius 2 is 1.27 bits per heavy atom. The van der Waals surface area contributed by atoms with E-state index >= 15 is 0 Å². The van der Waals surface area contributed by atoms with E-state index in [9.17, 15) is 0 Å². The van der Waals surface area contributed by atoms with Gasteiger partial charge in [0, 0.05) is 5.54 Å². The molecule has 0 aliphatic heterocycles. The number of fused-ring (bicyclic) bond motifs is 3. The molecule has 0 aromatic carbocycles. The molecule has 0 heterocycles. The molecule has 4 aliphatic carbocycles. The Bertz CT molecular complexity index is 215. The van der Waals surface area contributed by atoms with Gasteiger partial charge in [-0.15, -0.1) is 0 Å². The van der Waals surface area contributed by atoms with E-state index in [4.69, 9.17) is 5.73 Å². The Morgan fingerprint density at radius 1 is 0.733 bits per heavy atom. The number of rotatable bonds is 1. The van der Waals surface area contributed by atoms with Crippen LogP contribution in [0.5, 0.6) is 0 Å². The summed E-state index contributed by atoms with van der Waals surface area (Å²) in [6.07, 6.45) is 15.9. The van der Waals surface area contributed by atoms with E-state index < -0.39 is 0 Å². The first-order chi connectivity index (χ1) is 7.23. The van der Waals surface area contributed by atoms with Crippen molar-refractivity contribution >= 4 is 0 Å². The van der Waals surface area contributed by atoms with Crippen molar-refractivity contribution in [3.05, 3.63) is 0 Å². The summed E-state index contributed by atoms with van der Waals surface area (Å²) in [5.41, 5.74) is 7.40. The average molecular weight is 207 g/mol. The molecule has 15 heavy (non-hydrogen) atoms. The van der Waals surface area contributed by atoms with Crippen LogP contribution in [0.2, 0.25) is 0 Å². The van der Waals surface area contributed by atoms with Crippen molar-refractivity contribution in [3.63, 3.8) is 0 Å². The summed E-state index contributed by atoms with van der Waals surface area (Å²) >= 11 is 0. The summed E-state index contributed by atoms with van der Waals surface area (Å²) in [6, 6.07) is 0. The average Bonchev–Trinajstić information content (AvgIpc) is 2.32. The molecule has 0 aromatic heterocycles. The lowest BCUT2D eigenvalue weighted by Gasteiger charge is -2.56. The predicted molar refractivity (Wildman–Crippen MR) is 63.6 cm³/mol. The van der Waals surface area contributed by atoms with Crippen LogP contribution >= 0.6 is 0 Å². The summed E-state index contributed by atoms with van der Waals surface area (Å²) < 4.78 is 0. The van der Waals surface area contributed by atoms with Crippen LogP contribution in [0.3, 0.4) is 0 Å². The molecule has 0 atom stereocenters. The third-order valence-corrected chi connectivity index (χ3v) is 5.83. The fraction of sp³-hybridized carbons (Fsp3) is 1.00. The third-order valence-electron chi connectivity index (χ3n) is 5.83. The quantitative estimate of drug-likeness (QED) is 0.698. The maximum absolute atomic E-state index is 6.38. The Kier molecular flexibility index (Phi) is 2.35. The first kappa shape index (κ1) is 10.1. The maximum atomic E-state index is 6.38. The van der Waals surface area contributed by atoms with Crippen molar-refractivity contribution in [2.24, 2.45) is 17.1 Å². The van der Waals surface area contributed by atoms with E-state index in [1.807, 2.05) is 0 Å². The van der Waals surface area contributed by atoms with Crippen molar-refractivity contribution in [2.45, 2.75) is 76.2 Å². The maximum Gasteiger partial charge on any atom is 0.0155 e. The summed E-state index contributed by atoms with van der Waals surface area (Å²) in [5.74, 6) is 1.07. The van der Waals surface area contributed by atoms with Gasteiger partial charge in [-0.25, -0.2) is 0 Å². The Labute approximate surface area is 93.8 Å². The van der Waals surface area contributed by atoms with E-state index in [-0.39, 0.29) is 5.54 Å². The van der Waals surface area contributed by atoms with E-state index in [0.29, 0.717) is 0 Å². The van der Waals surface area contributed by atoms with Gasteiger partial charge in [0.2, 0.25) is 0 Å². The molecule has 86 valence electrons. The summed E-state index contributed by atoms with van der Waals surface area (Å²) in [5, 5.41) is 0. The zero-order chi connectivity index (χ0) is 10.4. The van der Waals surface area contributed by atoms with Crippen LogP contribution in [0.4, 0.5) is 0 Å². The molecular formula is C14H25N. The molecule has 4 saturated carbocycles. The highest BCUT2D eigenvalue weighted by molar-refractivity contribution is 5.04. The monoisotopic (exact) mass is 207 g/mol. The van der Waals surface area contributed by atoms with Crippen molar-refractivity contribution in [3.8, 4) is 0 Å². The number of hydrogen-bond donors (Lipinski definition) is 1. The lowest BCUT2D eigenvalue weighted by Crippen LogP contribution is -2.54. The highest BCUT2D eigenvalue weighted by atomic mass is 14.8. The smallest absolute Gasteiger partial charge is 0.0155 e. The van der Waals surface area contributed by atoms with E-state index in [2.05, 4.69) is 0 Å². The molecule has 0 radical (unpaired) electrons. The topological polar surface area (TPSA) is 26.0 Å². The van der Waals surface area contributed by atoms with Gasteiger partial charge in [-0.05, 0) is 62.7 Å². The summed E-state index contributed by atoms with van der Waals surface area (Å²) in [6.45, 7) is 0. The van der Waals surface area contributed by atoms with Gasteiger partial charge in [-0.2, -0.15) is 0 Å². The van der Waals surface area contributed by atoms with Crippen LogP contribution in [-0.4, -0.2) is 5.54 Å². The first-order valence-electron chi connectivity index (χ1n) is 7.02. The normalized spacial score (nSPS) is 47.0. The van der Waals surface area contributed by atoms with Crippen molar-refractivity contribution in [1.82, 2.24) is 0 Å². The second-order valence-electron chi connectivity index (χ2n) is 6.56. The van der Waals surface area contributed by atoms with E-state index in [0.717, 1.165) is 11.3 Å². The standard InChI is InChI=1S/C14H25N/c15-14-9-6-13(7-10-14,8-11-14)12-4-2-1-3-5-12/h12H,1-11,15H2. The van der Waals surface area contributed by atoms with Gasteiger partial charge in [0.1, 0.15) is 0 Å². The minimum absolute atomic E-state index is 0.260. The molecule has 4 rings (SSSR count). The molecule has 4 aliphatic rings. The zero-order valence-electron chi connectivity index (χ0n) is 9.93. The summed E-state index contributed by atoms with van der Waals surface area (Å²) in [4.78, 5) is 0. The Hall–Kier alpha value is -0.0400. The SMILES string of the molecule is NC12CCC(C3CCCCC3)(CC1)CC2. The van der Waals surface area contributed by atoms with Gasteiger partial charge >= 0.3 is 0 Å². The minimum atomic E-state index is 0.260. The molecule has 0 aromatic rings. The van der Waals surface area contributed by atoms with Crippen molar-refractivity contribution in [1.29, 1.82) is 0 Å². The molecule has 2 N–H and O–H groups in total. The lowest BCUT2D eigenvalue weighted by atomic mass is 9.51. The fourth-order valence-corrected chi connectivity index (χ4v) is 4.57. The number of hydrogen-bond acceptors (Lipinski definition) is 1. The molecule has 1 nitrogen and oxygen atoms in total. The van der Waals surface area contributed by atoms with Crippen LogP contribution in [0, 0.1) is 11.3 Å². The third kappa shape index (κ3) is 1.63. The molecule has 0 amide bonds.